The van der Waals surface area contributed by atoms with E-state index in [0.717, 1.165) is 21.2 Å². The van der Waals surface area contributed by atoms with E-state index in [1.165, 1.54) is 9.21 Å². The highest BCUT2D eigenvalue weighted by Crippen LogP contribution is 2.33. The van der Waals surface area contributed by atoms with Crippen molar-refractivity contribution in [3.8, 4) is 5.75 Å². The van der Waals surface area contributed by atoms with Gasteiger partial charge in [0.1, 0.15) is 5.75 Å². The number of carbonyl (C=O) groups is 2. The van der Waals surface area contributed by atoms with Crippen LogP contribution in [0.4, 0.5) is 5.69 Å². The van der Waals surface area contributed by atoms with Gasteiger partial charge in [0.05, 0.1) is 23.7 Å². The van der Waals surface area contributed by atoms with Crippen LogP contribution in [0.25, 0.3) is 0 Å². The Hall–Kier alpha value is -3.99. The molecule has 0 fully saturated rings. The van der Waals surface area contributed by atoms with Gasteiger partial charge in [0.25, 0.3) is 5.91 Å². The lowest BCUT2D eigenvalue weighted by Gasteiger charge is -2.35. The smallest absolute Gasteiger partial charge is 0.262 e. The Morgan fingerprint density at radius 1 is 0.907 bits per heavy atom. The number of ether oxygens (including phenoxy) is 1. The molecule has 0 aromatic heterocycles. The van der Waals surface area contributed by atoms with Crippen LogP contribution in [0, 0.1) is 6.92 Å². The van der Waals surface area contributed by atoms with Gasteiger partial charge in [-0.25, -0.2) is 8.42 Å². The van der Waals surface area contributed by atoms with E-state index in [1.807, 2.05) is 61.5 Å². The quantitative estimate of drug-likeness (QED) is 0.255. The van der Waals surface area contributed by atoms with Crippen LogP contribution in [0.5, 0.6) is 5.75 Å². The van der Waals surface area contributed by atoms with Crippen molar-refractivity contribution in [1.29, 1.82) is 0 Å². The van der Waals surface area contributed by atoms with Gasteiger partial charge in [-0.3, -0.25) is 9.59 Å². The van der Waals surface area contributed by atoms with E-state index in [0.29, 0.717) is 24.4 Å². The molecule has 4 aromatic carbocycles. The molecular weight excluding hydrogens is 630 g/mol. The topological polar surface area (TPSA) is 96.0 Å². The second-order valence-electron chi connectivity index (χ2n) is 10.3. The minimum atomic E-state index is -4.04. The van der Waals surface area contributed by atoms with Crippen LogP contribution < -0.4 is 15.0 Å². The number of fused-ring (bicyclic) bond motifs is 1. The van der Waals surface area contributed by atoms with Crippen molar-refractivity contribution in [1.82, 2.24) is 9.62 Å². The summed E-state index contributed by atoms with van der Waals surface area (Å²) in [5.41, 5.74) is 3.23. The van der Waals surface area contributed by atoms with Crippen molar-refractivity contribution in [3.05, 3.63) is 124 Å². The van der Waals surface area contributed by atoms with Crippen LogP contribution in [0.15, 0.2) is 112 Å². The van der Waals surface area contributed by atoms with Crippen LogP contribution in [-0.2, 0) is 32.6 Å². The Bertz CT molecular complexity index is 1680. The molecule has 222 valence electrons. The zero-order chi connectivity index (χ0) is 30.4. The van der Waals surface area contributed by atoms with Gasteiger partial charge in [0.15, 0.2) is 6.10 Å². The van der Waals surface area contributed by atoms with Gasteiger partial charge in [0, 0.05) is 17.6 Å². The number of amides is 2. The summed E-state index contributed by atoms with van der Waals surface area (Å²) >= 11 is 3.41. The highest BCUT2D eigenvalue weighted by atomic mass is 79.9. The largest absolute Gasteiger partial charge is 0.477 e. The number of carbonyl (C=O) groups excluding carboxylic acids is 2. The zero-order valence-electron chi connectivity index (χ0n) is 23.6. The van der Waals surface area contributed by atoms with Crippen molar-refractivity contribution in [2.75, 3.05) is 24.5 Å². The molecule has 1 atom stereocenters. The average Bonchev–Trinajstić information content (AvgIpc) is 3.01. The molecule has 0 spiro atoms. The second-order valence-corrected chi connectivity index (χ2v) is 13.2. The van der Waals surface area contributed by atoms with E-state index in [1.54, 1.807) is 48.5 Å². The Kier molecular flexibility index (Phi) is 9.59. The maximum absolute atomic E-state index is 13.9. The van der Waals surface area contributed by atoms with Crippen molar-refractivity contribution < 1.29 is 22.7 Å². The number of nitrogens with zero attached hydrogens (tertiary/aromatic N) is 2. The summed E-state index contributed by atoms with van der Waals surface area (Å²) in [5.74, 6) is -0.431. The molecule has 1 aliphatic rings. The van der Waals surface area contributed by atoms with E-state index < -0.39 is 28.6 Å². The number of hydrogen-bond donors (Lipinski definition) is 1. The van der Waals surface area contributed by atoms with Gasteiger partial charge in [-0.1, -0.05) is 88.2 Å². The van der Waals surface area contributed by atoms with Crippen LogP contribution in [0.2, 0.25) is 0 Å². The lowest BCUT2D eigenvalue weighted by molar-refractivity contribution is -0.128. The molecule has 10 heteroatoms. The van der Waals surface area contributed by atoms with Gasteiger partial charge < -0.3 is 15.0 Å². The highest BCUT2D eigenvalue weighted by molar-refractivity contribution is 9.10. The Balaban J connectivity index is 1.37. The molecule has 1 unspecified atom stereocenters. The summed E-state index contributed by atoms with van der Waals surface area (Å²) in [5, 5.41) is 2.91. The van der Waals surface area contributed by atoms with Gasteiger partial charge in [-0.05, 0) is 60.9 Å². The van der Waals surface area contributed by atoms with Crippen LogP contribution in [-0.4, -0.2) is 50.3 Å². The summed E-state index contributed by atoms with van der Waals surface area (Å²) in [7, 11) is -4.04. The number of rotatable bonds is 10. The predicted octanol–water partition coefficient (Wildman–Crippen LogP) is 5.10. The number of hydrogen-bond acceptors (Lipinski definition) is 5. The Labute approximate surface area is 260 Å². The molecule has 1 heterocycles. The van der Waals surface area contributed by atoms with E-state index in [4.69, 9.17) is 4.74 Å². The Morgan fingerprint density at radius 3 is 2.30 bits per heavy atom. The molecule has 0 bridgehead atoms. The zero-order valence-corrected chi connectivity index (χ0v) is 26.1. The molecule has 0 saturated carbocycles. The van der Waals surface area contributed by atoms with E-state index in [2.05, 4.69) is 21.2 Å². The molecule has 1 aliphatic heterocycles. The van der Waals surface area contributed by atoms with Crippen molar-refractivity contribution in [2.24, 2.45) is 0 Å². The molecule has 0 aliphatic carbocycles. The SMILES string of the molecule is Cc1ccc(S(=O)(=O)N(CC(=O)N2CC(C(=O)NCCc3ccccc3)Oc3ccccc32)Cc2ccc(Br)cc2)cc1. The van der Waals surface area contributed by atoms with Gasteiger partial charge in [-0.2, -0.15) is 4.31 Å². The van der Waals surface area contributed by atoms with E-state index >= 15 is 0 Å². The lowest BCUT2D eigenvalue weighted by atomic mass is 10.1. The van der Waals surface area contributed by atoms with Gasteiger partial charge >= 0.3 is 0 Å². The molecule has 8 nitrogen and oxygen atoms in total. The molecule has 43 heavy (non-hydrogen) atoms. The standard InChI is InChI=1S/C33H32BrN3O5S/c1-24-11-17-28(18-12-24)43(40,41)36(21-26-13-15-27(34)16-14-26)23-32(38)37-22-31(42-30-10-6-5-9-29(30)37)33(39)35-20-19-25-7-3-2-4-8-25/h2-18,31H,19-23H2,1H3,(H,35,39). The average molecular weight is 663 g/mol. The summed E-state index contributed by atoms with van der Waals surface area (Å²) in [6.07, 6.45) is -0.302. The first-order chi connectivity index (χ1) is 20.7. The van der Waals surface area contributed by atoms with Gasteiger partial charge in [-0.15, -0.1) is 0 Å². The molecule has 0 radical (unpaired) electrons. The minimum absolute atomic E-state index is 0.00931. The molecule has 5 rings (SSSR count). The van der Waals surface area contributed by atoms with Gasteiger partial charge in [0.2, 0.25) is 15.9 Å². The molecule has 2 amide bonds. The van der Waals surface area contributed by atoms with Crippen molar-refractivity contribution >= 4 is 43.5 Å². The summed E-state index contributed by atoms with van der Waals surface area (Å²) in [6, 6.07) is 30.6. The maximum atomic E-state index is 13.9. The minimum Gasteiger partial charge on any atom is -0.477 e. The molecule has 4 aromatic rings. The fourth-order valence-corrected chi connectivity index (χ4v) is 6.45. The molecule has 0 saturated heterocycles. The maximum Gasteiger partial charge on any atom is 0.262 e. The van der Waals surface area contributed by atoms with Crippen molar-refractivity contribution in [2.45, 2.75) is 30.9 Å². The summed E-state index contributed by atoms with van der Waals surface area (Å²) < 4.78 is 35.7. The summed E-state index contributed by atoms with van der Waals surface area (Å²) in [6.45, 7) is 1.80. The second kappa shape index (κ2) is 13.5. The van der Waals surface area contributed by atoms with E-state index in [-0.39, 0.29) is 23.9 Å². The lowest BCUT2D eigenvalue weighted by Crippen LogP contribution is -2.53. The van der Waals surface area contributed by atoms with E-state index in [9.17, 15) is 18.0 Å². The van der Waals surface area contributed by atoms with Crippen LogP contribution in [0.1, 0.15) is 16.7 Å². The summed E-state index contributed by atoms with van der Waals surface area (Å²) in [4.78, 5) is 28.6. The monoisotopic (exact) mass is 661 g/mol. The number of anilines is 1. The van der Waals surface area contributed by atoms with Crippen LogP contribution in [0.3, 0.4) is 0 Å². The first-order valence-corrected chi connectivity index (χ1v) is 16.1. The molecular formula is C33H32BrN3O5S. The highest BCUT2D eigenvalue weighted by Gasteiger charge is 2.36. The third-order valence-corrected chi connectivity index (χ3v) is 9.50. The number of para-hydroxylation sites is 2. The normalized spacial score (nSPS) is 14.6. The first kappa shape index (κ1) is 30.5. The third-order valence-electron chi connectivity index (χ3n) is 7.17. The predicted molar refractivity (Wildman–Crippen MR) is 169 cm³/mol. The number of benzene rings is 4. The van der Waals surface area contributed by atoms with Crippen molar-refractivity contribution in [3.63, 3.8) is 0 Å². The number of aryl methyl sites for hydroxylation is 1. The first-order valence-electron chi connectivity index (χ1n) is 13.9. The number of halogens is 1. The Morgan fingerprint density at radius 2 is 1.58 bits per heavy atom. The fraction of sp³-hybridized carbons (Fsp3) is 0.212. The molecule has 1 N–H and O–H groups in total. The fourth-order valence-electron chi connectivity index (χ4n) is 4.81. The van der Waals surface area contributed by atoms with Crippen LogP contribution >= 0.6 is 15.9 Å². The third kappa shape index (κ3) is 7.51. The number of nitrogens with one attached hydrogen (secondary N) is 1. The number of sulfonamides is 1.